The van der Waals surface area contributed by atoms with E-state index in [4.69, 9.17) is 4.74 Å². The first-order chi connectivity index (χ1) is 11.0. The Morgan fingerprint density at radius 3 is 2.52 bits per heavy atom. The van der Waals surface area contributed by atoms with E-state index in [-0.39, 0.29) is 12.2 Å². The molecule has 2 atom stereocenters. The molecule has 0 aliphatic carbocycles. The molecular weight excluding hydrogens is 304 g/mol. The van der Waals surface area contributed by atoms with Crippen molar-refractivity contribution < 1.29 is 23.4 Å². The van der Waals surface area contributed by atoms with Gasteiger partial charge in [0.05, 0.1) is 12.1 Å². The number of halogens is 2. The van der Waals surface area contributed by atoms with Gasteiger partial charge >= 0.3 is 0 Å². The first-order valence-electron chi connectivity index (χ1n) is 7.07. The number of nitrogens with one attached hydrogen (secondary N) is 1. The Hall–Kier alpha value is -2.47. The molecule has 2 aromatic carbocycles. The third-order valence-corrected chi connectivity index (χ3v) is 3.26. The lowest BCUT2D eigenvalue weighted by atomic mass is 10.0. The summed E-state index contributed by atoms with van der Waals surface area (Å²) in [6.45, 7) is 1.35. The second-order valence-corrected chi connectivity index (χ2v) is 5.08. The van der Waals surface area contributed by atoms with Crippen molar-refractivity contribution in [2.24, 2.45) is 0 Å². The van der Waals surface area contributed by atoms with Crippen LogP contribution in [0.4, 0.5) is 8.78 Å². The van der Waals surface area contributed by atoms with Crippen molar-refractivity contribution in [2.45, 2.75) is 19.1 Å². The highest BCUT2D eigenvalue weighted by Crippen LogP contribution is 2.19. The van der Waals surface area contributed by atoms with Crippen LogP contribution in [0, 0.1) is 11.6 Å². The molecule has 0 radical (unpaired) electrons. The first kappa shape index (κ1) is 16.9. The monoisotopic (exact) mass is 321 g/mol. The van der Waals surface area contributed by atoms with E-state index in [1.54, 1.807) is 31.2 Å². The molecule has 2 N–H and O–H groups in total. The molecule has 0 fully saturated rings. The third-order valence-electron chi connectivity index (χ3n) is 3.26. The molecule has 122 valence electrons. The molecule has 4 nitrogen and oxygen atoms in total. The van der Waals surface area contributed by atoms with E-state index >= 15 is 0 Å². The van der Waals surface area contributed by atoms with Gasteiger partial charge in [0, 0.05) is 0 Å². The van der Waals surface area contributed by atoms with Gasteiger partial charge in [0.2, 0.25) is 0 Å². The lowest BCUT2D eigenvalue weighted by molar-refractivity contribution is -0.124. The summed E-state index contributed by atoms with van der Waals surface area (Å²) in [5, 5.41) is 12.6. The summed E-state index contributed by atoms with van der Waals surface area (Å²) in [4.78, 5) is 11.8. The fourth-order valence-electron chi connectivity index (χ4n) is 2.03. The van der Waals surface area contributed by atoms with Crippen LogP contribution in [0.3, 0.4) is 0 Å². The zero-order valence-electron chi connectivity index (χ0n) is 12.5. The van der Waals surface area contributed by atoms with Crippen LogP contribution in [0.15, 0.2) is 48.5 Å². The molecule has 0 heterocycles. The second-order valence-electron chi connectivity index (χ2n) is 5.08. The molecule has 0 aromatic heterocycles. The van der Waals surface area contributed by atoms with E-state index in [0.29, 0.717) is 5.75 Å². The van der Waals surface area contributed by atoms with Gasteiger partial charge in [0.1, 0.15) is 5.75 Å². The molecule has 0 saturated carbocycles. The SMILES string of the molecule is CC(NC(=O)COc1ccccc1)C(O)c1ccc(F)c(F)c1. The zero-order chi connectivity index (χ0) is 16.8. The van der Waals surface area contributed by atoms with Crippen LogP contribution in [0.25, 0.3) is 0 Å². The number of hydrogen-bond acceptors (Lipinski definition) is 3. The average molecular weight is 321 g/mol. The van der Waals surface area contributed by atoms with Gasteiger partial charge in [0.25, 0.3) is 5.91 Å². The van der Waals surface area contributed by atoms with Crippen molar-refractivity contribution in [3.63, 3.8) is 0 Å². The summed E-state index contributed by atoms with van der Waals surface area (Å²) in [5.74, 6) is -1.92. The van der Waals surface area contributed by atoms with Crippen molar-refractivity contribution in [3.8, 4) is 5.75 Å². The fourth-order valence-corrected chi connectivity index (χ4v) is 2.03. The Bertz CT molecular complexity index is 664. The van der Waals surface area contributed by atoms with Crippen molar-refractivity contribution in [1.29, 1.82) is 0 Å². The van der Waals surface area contributed by atoms with Gasteiger partial charge in [0.15, 0.2) is 18.2 Å². The Kier molecular flexibility index (Phi) is 5.65. The van der Waals surface area contributed by atoms with Crippen LogP contribution in [0.2, 0.25) is 0 Å². The molecule has 0 aliphatic heterocycles. The molecule has 2 rings (SSSR count). The minimum absolute atomic E-state index is 0.181. The molecule has 0 saturated heterocycles. The first-order valence-corrected chi connectivity index (χ1v) is 7.07. The van der Waals surface area contributed by atoms with Gasteiger partial charge in [-0.2, -0.15) is 0 Å². The number of hydrogen-bond donors (Lipinski definition) is 2. The number of para-hydroxylation sites is 1. The van der Waals surface area contributed by atoms with Crippen LogP contribution >= 0.6 is 0 Å². The number of ether oxygens (including phenoxy) is 1. The maximum atomic E-state index is 13.2. The van der Waals surface area contributed by atoms with Gasteiger partial charge in [-0.15, -0.1) is 0 Å². The molecule has 1 amide bonds. The summed E-state index contributed by atoms with van der Waals surface area (Å²) in [7, 11) is 0. The van der Waals surface area contributed by atoms with Crippen molar-refractivity contribution >= 4 is 5.91 Å². The molecule has 0 spiro atoms. The normalized spacial score (nSPS) is 13.2. The highest BCUT2D eigenvalue weighted by molar-refractivity contribution is 5.77. The number of rotatable bonds is 6. The summed E-state index contributed by atoms with van der Waals surface area (Å²) in [6, 6.07) is 11.2. The Morgan fingerprint density at radius 1 is 1.17 bits per heavy atom. The Balaban J connectivity index is 1.88. The molecule has 23 heavy (non-hydrogen) atoms. The largest absolute Gasteiger partial charge is 0.484 e. The summed E-state index contributed by atoms with van der Waals surface area (Å²) < 4.78 is 31.4. The molecule has 0 bridgehead atoms. The lowest BCUT2D eigenvalue weighted by Crippen LogP contribution is -2.39. The Labute approximate surface area is 132 Å². The number of aliphatic hydroxyl groups excluding tert-OH is 1. The summed E-state index contributed by atoms with van der Waals surface area (Å²) >= 11 is 0. The predicted octanol–water partition coefficient (Wildman–Crippen LogP) is 2.58. The van der Waals surface area contributed by atoms with E-state index in [1.165, 1.54) is 6.07 Å². The number of carbonyl (C=O) groups excluding carboxylic acids is 1. The lowest BCUT2D eigenvalue weighted by Gasteiger charge is -2.21. The van der Waals surface area contributed by atoms with Crippen molar-refractivity contribution in [3.05, 3.63) is 65.7 Å². The van der Waals surface area contributed by atoms with E-state index in [2.05, 4.69) is 5.32 Å². The number of aliphatic hydroxyl groups is 1. The molecule has 0 aliphatic rings. The van der Waals surface area contributed by atoms with E-state index in [1.807, 2.05) is 6.07 Å². The van der Waals surface area contributed by atoms with Gasteiger partial charge < -0.3 is 15.2 Å². The van der Waals surface area contributed by atoms with Crippen LogP contribution in [0.5, 0.6) is 5.75 Å². The fraction of sp³-hybridized carbons (Fsp3) is 0.235. The smallest absolute Gasteiger partial charge is 0.258 e. The topological polar surface area (TPSA) is 58.6 Å². The number of amides is 1. The summed E-state index contributed by atoms with van der Waals surface area (Å²) in [6.07, 6.45) is -1.16. The van der Waals surface area contributed by atoms with Crippen LogP contribution < -0.4 is 10.1 Å². The number of benzene rings is 2. The molecular formula is C17H17F2NO3. The quantitative estimate of drug-likeness (QED) is 0.860. The van der Waals surface area contributed by atoms with Gasteiger partial charge in [-0.3, -0.25) is 4.79 Å². The highest BCUT2D eigenvalue weighted by Gasteiger charge is 2.20. The van der Waals surface area contributed by atoms with Crippen LogP contribution in [-0.2, 0) is 4.79 Å². The van der Waals surface area contributed by atoms with Crippen molar-refractivity contribution in [2.75, 3.05) is 6.61 Å². The van der Waals surface area contributed by atoms with Gasteiger partial charge in [-0.05, 0) is 36.8 Å². The summed E-state index contributed by atoms with van der Waals surface area (Å²) in [5.41, 5.74) is 0.181. The van der Waals surface area contributed by atoms with Crippen LogP contribution in [0.1, 0.15) is 18.6 Å². The average Bonchev–Trinajstić information content (AvgIpc) is 2.55. The molecule has 6 heteroatoms. The van der Waals surface area contributed by atoms with E-state index in [9.17, 15) is 18.7 Å². The van der Waals surface area contributed by atoms with Crippen LogP contribution in [-0.4, -0.2) is 23.7 Å². The third kappa shape index (κ3) is 4.75. The zero-order valence-corrected chi connectivity index (χ0v) is 12.5. The van der Waals surface area contributed by atoms with E-state index in [0.717, 1.165) is 12.1 Å². The maximum absolute atomic E-state index is 13.2. The van der Waals surface area contributed by atoms with Crippen molar-refractivity contribution in [1.82, 2.24) is 5.32 Å². The Morgan fingerprint density at radius 2 is 1.87 bits per heavy atom. The standard InChI is InChI=1S/C17H17F2NO3/c1-11(17(22)12-7-8-14(18)15(19)9-12)20-16(21)10-23-13-5-3-2-4-6-13/h2-9,11,17,22H,10H2,1H3,(H,20,21). The highest BCUT2D eigenvalue weighted by atomic mass is 19.2. The van der Waals surface area contributed by atoms with Gasteiger partial charge in [-0.25, -0.2) is 8.78 Å². The predicted molar refractivity (Wildman–Crippen MR) is 80.9 cm³/mol. The molecule has 2 aromatic rings. The second kappa shape index (κ2) is 7.69. The van der Waals surface area contributed by atoms with Gasteiger partial charge in [-0.1, -0.05) is 24.3 Å². The minimum Gasteiger partial charge on any atom is -0.484 e. The maximum Gasteiger partial charge on any atom is 0.258 e. The molecule has 2 unspecified atom stereocenters. The number of carbonyl (C=O) groups is 1. The minimum atomic E-state index is -1.16. The van der Waals surface area contributed by atoms with E-state index < -0.39 is 29.7 Å².